The van der Waals surface area contributed by atoms with Crippen molar-refractivity contribution in [1.82, 2.24) is 4.90 Å². The van der Waals surface area contributed by atoms with E-state index in [0.717, 1.165) is 36.8 Å². The molecule has 126 valence electrons. The summed E-state index contributed by atoms with van der Waals surface area (Å²) in [5, 5.41) is 9.14. The predicted molar refractivity (Wildman–Crippen MR) is 91.0 cm³/mol. The van der Waals surface area contributed by atoms with E-state index in [9.17, 15) is 9.18 Å². The third-order valence-corrected chi connectivity index (χ3v) is 4.63. The van der Waals surface area contributed by atoms with Gasteiger partial charge < -0.3 is 10.0 Å². The van der Waals surface area contributed by atoms with Gasteiger partial charge in [0.2, 0.25) is 0 Å². The van der Waals surface area contributed by atoms with Crippen LogP contribution in [0.1, 0.15) is 53.2 Å². The van der Waals surface area contributed by atoms with Crippen molar-refractivity contribution in [2.45, 2.75) is 38.3 Å². The van der Waals surface area contributed by atoms with Crippen molar-refractivity contribution in [3.05, 3.63) is 71.0 Å². The summed E-state index contributed by atoms with van der Waals surface area (Å²) in [6.07, 6.45) is 3.93. The molecule has 2 aromatic rings. The molecule has 0 spiro atoms. The Morgan fingerprint density at radius 3 is 2.62 bits per heavy atom. The number of nitrogens with zero attached hydrogens (tertiary/aromatic N) is 1. The second kappa shape index (κ2) is 7.58. The average Bonchev–Trinajstić information content (AvgIpc) is 2.87. The SMILES string of the molecule is O=C(c1ccc(CO)cc1)N1CCCCC[C@H]1c1cccc(F)c1. The fourth-order valence-electron chi connectivity index (χ4n) is 3.33. The fraction of sp³-hybridized carbons (Fsp3) is 0.350. The molecule has 1 aliphatic rings. The number of amides is 1. The monoisotopic (exact) mass is 327 g/mol. The van der Waals surface area contributed by atoms with Crippen molar-refractivity contribution in [2.24, 2.45) is 0 Å². The number of aliphatic hydroxyl groups is 1. The van der Waals surface area contributed by atoms with Gasteiger partial charge in [0, 0.05) is 12.1 Å². The molecule has 0 unspecified atom stereocenters. The van der Waals surface area contributed by atoms with Crippen LogP contribution in [0.4, 0.5) is 4.39 Å². The minimum absolute atomic E-state index is 0.0318. The summed E-state index contributed by atoms with van der Waals surface area (Å²) >= 11 is 0. The molecule has 1 amide bonds. The van der Waals surface area contributed by atoms with Crippen molar-refractivity contribution in [1.29, 1.82) is 0 Å². The molecular formula is C20H22FNO2. The van der Waals surface area contributed by atoms with E-state index in [1.807, 2.05) is 11.0 Å². The fourth-order valence-corrected chi connectivity index (χ4v) is 3.33. The van der Waals surface area contributed by atoms with Gasteiger partial charge in [0.1, 0.15) is 5.82 Å². The molecule has 1 aliphatic heterocycles. The summed E-state index contributed by atoms with van der Waals surface area (Å²) in [6.45, 7) is 0.645. The van der Waals surface area contributed by atoms with Gasteiger partial charge in [-0.15, -0.1) is 0 Å². The number of halogens is 1. The molecule has 1 heterocycles. The quantitative estimate of drug-likeness (QED) is 0.923. The first-order valence-electron chi connectivity index (χ1n) is 8.45. The van der Waals surface area contributed by atoms with Crippen LogP contribution in [0.5, 0.6) is 0 Å². The van der Waals surface area contributed by atoms with Crippen LogP contribution < -0.4 is 0 Å². The Balaban J connectivity index is 1.90. The highest BCUT2D eigenvalue weighted by atomic mass is 19.1. The lowest BCUT2D eigenvalue weighted by Crippen LogP contribution is -2.34. The number of rotatable bonds is 3. The number of hydrogen-bond donors (Lipinski definition) is 1. The summed E-state index contributed by atoms with van der Waals surface area (Å²) in [6, 6.07) is 13.5. The van der Waals surface area contributed by atoms with Gasteiger partial charge in [0.25, 0.3) is 5.91 Å². The van der Waals surface area contributed by atoms with E-state index in [1.165, 1.54) is 12.1 Å². The van der Waals surface area contributed by atoms with Crippen molar-refractivity contribution in [2.75, 3.05) is 6.54 Å². The summed E-state index contributed by atoms with van der Waals surface area (Å²) in [5.41, 5.74) is 2.25. The molecule has 1 fully saturated rings. The Kier molecular flexibility index (Phi) is 5.26. The van der Waals surface area contributed by atoms with E-state index in [2.05, 4.69) is 0 Å². The number of likely N-dealkylation sites (tertiary alicyclic amines) is 1. The van der Waals surface area contributed by atoms with Gasteiger partial charge >= 0.3 is 0 Å². The van der Waals surface area contributed by atoms with Crippen LogP contribution in [0.2, 0.25) is 0 Å². The molecule has 3 rings (SSSR count). The van der Waals surface area contributed by atoms with Crippen LogP contribution >= 0.6 is 0 Å². The molecule has 0 bridgehead atoms. The highest BCUT2D eigenvalue weighted by Crippen LogP contribution is 2.31. The molecule has 0 radical (unpaired) electrons. The van der Waals surface area contributed by atoms with Crippen LogP contribution in [0.3, 0.4) is 0 Å². The number of hydrogen-bond acceptors (Lipinski definition) is 2. The van der Waals surface area contributed by atoms with Gasteiger partial charge in [0.15, 0.2) is 0 Å². The lowest BCUT2D eigenvalue weighted by atomic mass is 9.99. The normalized spacial score (nSPS) is 18.2. The van der Waals surface area contributed by atoms with Crippen molar-refractivity contribution < 1.29 is 14.3 Å². The lowest BCUT2D eigenvalue weighted by Gasteiger charge is -2.30. The highest BCUT2D eigenvalue weighted by Gasteiger charge is 2.27. The molecule has 24 heavy (non-hydrogen) atoms. The maximum atomic E-state index is 13.6. The van der Waals surface area contributed by atoms with Gasteiger partial charge in [-0.2, -0.15) is 0 Å². The third-order valence-electron chi connectivity index (χ3n) is 4.63. The second-order valence-electron chi connectivity index (χ2n) is 6.27. The standard InChI is InChI=1S/C20H22FNO2/c21-18-6-4-5-17(13-18)19-7-2-1-3-12-22(19)20(24)16-10-8-15(14-23)9-11-16/h4-6,8-11,13,19,23H,1-3,7,12,14H2/t19-/m0/s1. The number of aliphatic hydroxyl groups excluding tert-OH is 1. The van der Waals surface area contributed by atoms with Gasteiger partial charge in [-0.1, -0.05) is 37.1 Å². The second-order valence-corrected chi connectivity index (χ2v) is 6.27. The molecule has 0 aliphatic carbocycles. The van der Waals surface area contributed by atoms with Crippen LogP contribution in [-0.4, -0.2) is 22.5 Å². The zero-order chi connectivity index (χ0) is 16.9. The lowest BCUT2D eigenvalue weighted by molar-refractivity contribution is 0.0680. The van der Waals surface area contributed by atoms with Crippen molar-refractivity contribution in [3.63, 3.8) is 0 Å². The van der Waals surface area contributed by atoms with Crippen LogP contribution in [-0.2, 0) is 6.61 Å². The Labute approximate surface area is 141 Å². The molecule has 1 saturated heterocycles. The highest BCUT2D eigenvalue weighted by molar-refractivity contribution is 5.94. The summed E-state index contributed by atoms with van der Waals surface area (Å²) in [7, 11) is 0. The average molecular weight is 327 g/mol. The topological polar surface area (TPSA) is 40.5 Å². The zero-order valence-corrected chi connectivity index (χ0v) is 13.6. The van der Waals surface area contributed by atoms with Gasteiger partial charge in [-0.25, -0.2) is 4.39 Å². The molecule has 4 heteroatoms. The number of benzene rings is 2. The summed E-state index contributed by atoms with van der Waals surface area (Å²) in [4.78, 5) is 14.9. The Morgan fingerprint density at radius 2 is 1.92 bits per heavy atom. The van der Waals surface area contributed by atoms with Gasteiger partial charge in [-0.3, -0.25) is 4.79 Å². The molecule has 1 N–H and O–H groups in total. The van der Waals surface area contributed by atoms with E-state index in [-0.39, 0.29) is 24.4 Å². The maximum absolute atomic E-state index is 13.6. The molecular weight excluding hydrogens is 305 g/mol. The smallest absolute Gasteiger partial charge is 0.254 e. The first-order valence-corrected chi connectivity index (χ1v) is 8.45. The first-order chi connectivity index (χ1) is 11.7. The third kappa shape index (κ3) is 3.65. The predicted octanol–water partition coefficient (Wildman–Crippen LogP) is 4.08. The van der Waals surface area contributed by atoms with E-state index < -0.39 is 0 Å². The summed E-state index contributed by atoms with van der Waals surface area (Å²) < 4.78 is 13.6. The van der Waals surface area contributed by atoms with Crippen LogP contribution in [0.15, 0.2) is 48.5 Å². The van der Waals surface area contributed by atoms with Crippen LogP contribution in [0, 0.1) is 5.82 Å². The molecule has 2 aromatic carbocycles. The van der Waals surface area contributed by atoms with Gasteiger partial charge in [0.05, 0.1) is 12.6 Å². The Morgan fingerprint density at radius 1 is 1.12 bits per heavy atom. The van der Waals surface area contributed by atoms with E-state index in [4.69, 9.17) is 5.11 Å². The van der Waals surface area contributed by atoms with Crippen LogP contribution in [0.25, 0.3) is 0 Å². The molecule has 1 atom stereocenters. The maximum Gasteiger partial charge on any atom is 0.254 e. The first kappa shape index (κ1) is 16.7. The number of carbonyl (C=O) groups is 1. The van der Waals surface area contributed by atoms with Crippen molar-refractivity contribution >= 4 is 5.91 Å². The summed E-state index contributed by atoms with van der Waals surface area (Å²) in [5.74, 6) is -0.299. The Bertz CT molecular complexity index is 699. The van der Waals surface area contributed by atoms with Gasteiger partial charge in [-0.05, 0) is 48.2 Å². The molecule has 3 nitrogen and oxygen atoms in total. The van der Waals surface area contributed by atoms with E-state index in [0.29, 0.717) is 12.1 Å². The minimum Gasteiger partial charge on any atom is -0.392 e. The van der Waals surface area contributed by atoms with E-state index >= 15 is 0 Å². The zero-order valence-electron chi connectivity index (χ0n) is 13.6. The Hall–Kier alpha value is -2.20. The largest absolute Gasteiger partial charge is 0.392 e. The molecule has 0 aromatic heterocycles. The van der Waals surface area contributed by atoms with Crippen molar-refractivity contribution in [3.8, 4) is 0 Å². The number of carbonyl (C=O) groups excluding carboxylic acids is 1. The minimum atomic E-state index is -0.267. The molecule has 0 saturated carbocycles. The van der Waals surface area contributed by atoms with E-state index in [1.54, 1.807) is 30.3 Å².